The highest BCUT2D eigenvalue weighted by molar-refractivity contribution is 6.33. The minimum atomic E-state index is -0.846. The van der Waals surface area contributed by atoms with E-state index in [9.17, 15) is 10.2 Å². The highest BCUT2D eigenvalue weighted by atomic mass is 35.5. The molecule has 3 aromatic rings. The first-order valence-corrected chi connectivity index (χ1v) is 13.1. The van der Waals surface area contributed by atoms with Crippen LogP contribution in [0.3, 0.4) is 0 Å². The highest BCUT2D eigenvalue weighted by Crippen LogP contribution is 2.39. The van der Waals surface area contributed by atoms with Crippen molar-refractivity contribution in [3.8, 4) is 11.8 Å². The molecule has 1 aromatic carbocycles. The first-order chi connectivity index (χ1) is 18.1. The number of aromatic nitrogens is 3. The summed E-state index contributed by atoms with van der Waals surface area (Å²) in [6.45, 7) is 4.20. The average molecular weight is 549 g/mol. The van der Waals surface area contributed by atoms with Gasteiger partial charge in [0.25, 0.3) is 6.01 Å². The first-order valence-electron chi connectivity index (χ1n) is 12.7. The van der Waals surface area contributed by atoms with Crippen molar-refractivity contribution in [1.29, 1.82) is 0 Å². The number of hydrogen-bond acceptors (Lipinski definition) is 9. The number of aryl methyl sites for hydroxylation is 1. The largest absolute Gasteiger partial charge is 0.493 e. The summed E-state index contributed by atoms with van der Waals surface area (Å²) < 4.78 is 38.0. The summed E-state index contributed by atoms with van der Waals surface area (Å²) in [5.74, 6) is 0.482. The molecule has 0 bridgehead atoms. The standard InChI is InChI=1S/C26H30ClFN4O6/c1-26(2,34)5-6-35-13-7-12-3-4-16(20(12)15(28)8-13)29-23-14(27)9-17-24(31-23)32-25(30-17)38-19-11-37-21-18(33)10-36-22(19)21/h7-9,16,18-19,21-22,33-34H,3-6,10-11H2,1-2H3,(H2,29,30,31,32)/t16?,18-,19-,21-,22-/m1/s1. The number of aliphatic hydroxyl groups excluding tert-OH is 1. The summed E-state index contributed by atoms with van der Waals surface area (Å²) in [6, 6.07) is 4.86. The molecule has 2 aliphatic heterocycles. The van der Waals surface area contributed by atoms with Crippen molar-refractivity contribution in [3.63, 3.8) is 0 Å². The summed E-state index contributed by atoms with van der Waals surface area (Å²) in [5, 5.41) is 23.4. The zero-order valence-corrected chi connectivity index (χ0v) is 21.8. The molecule has 10 nitrogen and oxygen atoms in total. The second-order valence-corrected chi connectivity index (χ2v) is 11.1. The van der Waals surface area contributed by atoms with Crippen LogP contribution in [0.1, 0.15) is 43.9 Å². The van der Waals surface area contributed by atoms with E-state index >= 15 is 4.39 Å². The highest BCUT2D eigenvalue weighted by Gasteiger charge is 2.48. The molecule has 0 radical (unpaired) electrons. The van der Waals surface area contributed by atoms with Crippen LogP contribution >= 0.6 is 11.6 Å². The van der Waals surface area contributed by atoms with Crippen LogP contribution in [0.25, 0.3) is 11.2 Å². The lowest BCUT2D eigenvalue weighted by atomic mass is 10.1. The van der Waals surface area contributed by atoms with Crippen LogP contribution in [0, 0.1) is 5.82 Å². The number of halogens is 2. The van der Waals surface area contributed by atoms with Gasteiger partial charge < -0.3 is 39.5 Å². The zero-order valence-electron chi connectivity index (χ0n) is 21.0. The second kappa shape index (κ2) is 9.80. The lowest BCUT2D eigenvalue weighted by Crippen LogP contribution is -2.34. The lowest BCUT2D eigenvalue weighted by Gasteiger charge is -2.18. The number of hydrogen-bond donors (Lipinski definition) is 4. The third kappa shape index (κ3) is 5.01. The normalized spacial score (nSPS) is 26.5. The summed E-state index contributed by atoms with van der Waals surface area (Å²) in [6.07, 6.45) is -0.0612. The molecule has 4 heterocycles. The third-order valence-electron chi connectivity index (χ3n) is 7.18. The van der Waals surface area contributed by atoms with Crippen LogP contribution in [0.5, 0.6) is 11.8 Å². The summed E-state index contributed by atoms with van der Waals surface area (Å²) in [5.41, 5.74) is 1.57. The molecule has 12 heteroatoms. The molecular formula is C26H30ClFN4O6. The van der Waals surface area contributed by atoms with E-state index in [1.807, 2.05) is 6.07 Å². The van der Waals surface area contributed by atoms with Gasteiger partial charge in [-0.05, 0) is 44.4 Å². The Labute approximate surface area is 223 Å². The Bertz CT molecular complexity index is 1350. The Morgan fingerprint density at radius 1 is 1.21 bits per heavy atom. The van der Waals surface area contributed by atoms with Gasteiger partial charge in [0.2, 0.25) is 0 Å². The molecule has 1 aliphatic carbocycles. The number of aliphatic hydroxyl groups is 2. The Morgan fingerprint density at radius 3 is 2.84 bits per heavy atom. The summed E-state index contributed by atoms with van der Waals surface area (Å²) in [7, 11) is 0. The Morgan fingerprint density at radius 2 is 2.03 bits per heavy atom. The van der Waals surface area contributed by atoms with Gasteiger partial charge in [-0.1, -0.05) is 11.6 Å². The number of anilines is 1. The van der Waals surface area contributed by atoms with E-state index in [0.717, 1.165) is 5.56 Å². The fraction of sp³-hybridized carbons (Fsp3) is 0.538. The minimum Gasteiger partial charge on any atom is -0.493 e. The van der Waals surface area contributed by atoms with Gasteiger partial charge in [0, 0.05) is 18.1 Å². The van der Waals surface area contributed by atoms with Crippen LogP contribution in [0.15, 0.2) is 18.2 Å². The fourth-order valence-corrected chi connectivity index (χ4v) is 5.45. The van der Waals surface area contributed by atoms with Gasteiger partial charge in [-0.3, -0.25) is 0 Å². The van der Waals surface area contributed by atoms with E-state index in [-0.39, 0.29) is 37.2 Å². The van der Waals surface area contributed by atoms with E-state index in [4.69, 9.17) is 30.5 Å². The number of aromatic amines is 1. The molecule has 2 aromatic heterocycles. The van der Waals surface area contributed by atoms with Gasteiger partial charge in [0.1, 0.15) is 35.7 Å². The monoisotopic (exact) mass is 548 g/mol. The van der Waals surface area contributed by atoms with Crippen molar-refractivity contribution in [2.24, 2.45) is 0 Å². The number of fused-ring (bicyclic) bond motifs is 3. The Kier molecular flexibility index (Phi) is 6.59. The Balaban J connectivity index is 1.16. The van der Waals surface area contributed by atoms with Crippen molar-refractivity contribution < 1.29 is 33.6 Å². The van der Waals surface area contributed by atoms with Crippen LogP contribution < -0.4 is 14.8 Å². The predicted octanol–water partition coefficient (Wildman–Crippen LogP) is 3.30. The van der Waals surface area contributed by atoms with Crippen LogP contribution in [-0.2, 0) is 15.9 Å². The Hall–Kier alpha value is -2.70. The molecular weight excluding hydrogens is 519 g/mol. The van der Waals surface area contributed by atoms with Crippen molar-refractivity contribution in [2.45, 2.75) is 69.2 Å². The van der Waals surface area contributed by atoms with Gasteiger partial charge >= 0.3 is 0 Å². The molecule has 0 amide bonds. The van der Waals surface area contributed by atoms with Gasteiger partial charge in [-0.15, -0.1) is 0 Å². The number of nitrogens with one attached hydrogen (secondary N) is 2. The van der Waals surface area contributed by atoms with E-state index in [0.29, 0.717) is 59.2 Å². The molecule has 204 valence electrons. The second-order valence-electron chi connectivity index (χ2n) is 10.7. The number of nitrogens with zero attached hydrogens (tertiary/aromatic N) is 2. The lowest BCUT2D eigenvalue weighted by molar-refractivity contribution is 0.00706. The molecule has 38 heavy (non-hydrogen) atoms. The third-order valence-corrected chi connectivity index (χ3v) is 7.47. The molecule has 4 N–H and O–H groups in total. The molecule has 0 saturated carbocycles. The van der Waals surface area contributed by atoms with Crippen molar-refractivity contribution in [1.82, 2.24) is 15.0 Å². The summed E-state index contributed by atoms with van der Waals surface area (Å²) in [4.78, 5) is 12.1. The van der Waals surface area contributed by atoms with E-state index in [1.165, 1.54) is 6.07 Å². The van der Waals surface area contributed by atoms with Crippen LogP contribution in [0.2, 0.25) is 5.02 Å². The fourth-order valence-electron chi connectivity index (χ4n) is 5.24. The number of pyridine rings is 1. The molecule has 2 fully saturated rings. The molecule has 6 rings (SSSR count). The average Bonchev–Trinajstić information content (AvgIpc) is 3.60. The predicted molar refractivity (Wildman–Crippen MR) is 136 cm³/mol. The quantitative estimate of drug-likeness (QED) is 0.335. The van der Waals surface area contributed by atoms with Crippen LogP contribution in [0.4, 0.5) is 10.2 Å². The molecule has 3 aliphatic rings. The SMILES string of the molecule is CC(C)(O)CCOc1cc(F)c2c(c1)CCC2Nc1nc2nc(O[C@@H]3CO[C@H]4[C@@H]3OC[C@H]4O)[nH]c2cc1Cl. The number of ether oxygens (including phenoxy) is 4. The van der Waals surface area contributed by atoms with Gasteiger partial charge in [0.15, 0.2) is 11.8 Å². The van der Waals surface area contributed by atoms with Crippen molar-refractivity contribution >= 4 is 28.6 Å². The van der Waals surface area contributed by atoms with Crippen molar-refractivity contribution in [2.75, 3.05) is 25.1 Å². The maximum Gasteiger partial charge on any atom is 0.296 e. The summed E-state index contributed by atoms with van der Waals surface area (Å²) >= 11 is 6.52. The number of H-pyrrole nitrogens is 1. The van der Waals surface area contributed by atoms with Crippen molar-refractivity contribution in [3.05, 3.63) is 40.2 Å². The van der Waals surface area contributed by atoms with Gasteiger partial charge in [-0.2, -0.15) is 4.98 Å². The molecule has 0 spiro atoms. The van der Waals surface area contributed by atoms with E-state index in [1.54, 1.807) is 19.9 Å². The maximum absolute atomic E-state index is 15.1. The minimum absolute atomic E-state index is 0.211. The van der Waals surface area contributed by atoms with Crippen LogP contribution in [-0.4, -0.2) is 75.0 Å². The van der Waals surface area contributed by atoms with E-state index < -0.39 is 23.9 Å². The maximum atomic E-state index is 15.1. The molecule has 1 unspecified atom stereocenters. The number of imidazole rings is 1. The topological polar surface area (TPSA) is 131 Å². The molecule has 5 atom stereocenters. The number of benzene rings is 1. The number of rotatable bonds is 8. The molecule has 2 saturated heterocycles. The zero-order chi connectivity index (χ0) is 26.6. The van der Waals surface area contributed by atoms with E-state index in [2.05, 4.69) is 20.3 Å². The van der Waals surface area contributed by atoms with Gasteiger partial charge in [-0.25, -0.2) is 9.37 Å². The van der Waals surface area contributed by atoms with Gasteiger partial charge in [0.05, 0.1) is 42.0 Å². The first kappa shape index (κ1) is 25.6. The smallest absolute Gasteiger partial charge is 0.296 e.